The van der Waals surface area contributed by atoms with Crippen molar-refractivity contribution in [1.82, 2.24) is 25.1 Å². The van der Waals surface area contributed by atoms with Crippen molar-refractivity contribution in [2.45, 2.75) is 19.9 Å². The highest BCUT2D eigenvalue weighted by atomic mass is 16.5. The number of aromatic amines is 1. The smallest absolute Gasteiger partial charge is 0.248 e. The molecular formula is C20H23N7O2. The number of amides is 1. The summed E-state index contributed by atoms with van der Waals surface area (Å²) in [5.74, 6) is 1.90. The van der Waals surface area contributed by atoms with Crippen LogP contribution in [0.15, 0.2) is 36.7 Å². The van der Waals surface area contributed by atoms with Gasteiger partial charge in [0.05, 0.1) is 12.4 Å². The molecule has 1 amide bonds. The van der Waals surface area contributed by atoms with Gasteiger partial charge in [-0.3, -0.25) is 14.9 Å². The van der Waals surface area contributed by atoms with Gasteiger partial charge in [-0.2, -0.15) is 5.10 Å². The number of rotatable bonds is 6. The Bertz CT molecular complexity index is 1020. The topological polar surface area (TPSA) is 108 Å². The van der Waals surface area contributed by atoms with E-state index in [1.165, 1.54) is 12.7 Å². The summed E-state index contributed by atoms with van der Waals surface area (Å²) in [7, 11) is 1.54. The minimum Gasteiger partial charge on any atom is -0.375 e. The quantitative estimate of drug-likeness (QED) is 0.590. The lowest BCUT2D eigenvalue weighted by molar-refractivity contribution is -0.136. The van der Waals surface area contributed by atoms with Crippen LogP contribution in [-0.4, -0.2) is 51.2 Å². The maximum absolute atomic E-state index is 12.1. The molecule has 0 aliphatic carbocycles. The van der Waals surface area contributed by atoms with Crippen molar-refractivity contribution in [3.8, 4) is 0 Å². The van der Waals surface area contributed by atoms with Crippen LogP contribution in [0.5, 0.6) is 0 Å². The maximum Gasteiger partial charge on any atom is 0.248 e. The predicted molar refractivity (Wildman–Crippen MR) is 109 cm³/mol. The fraction of sp³-hybridized carbons (Fsp3) is 0.300. The molecule has 29 heavy (non-hydrogen) atoms. The zero-order valence-electron chi connectivity index (χ0n) is 16.4. The lowest BCUT2D eigenvalue weighted by atomic mass is 9.99. The summed E-state index contributed by atoms with van der Waals surface area (Å²) in [6.07, 6.45) is 4.14. The minimum absolute atomic E-state index is 0.00903. The summed E-state index contributed by atoms with van der Waals surface area (Å²) in [5.41, 5.74) is 4.24. The normalized spacial score (nSPS) is 13.1. The van der Waals surface area contributed by atoms with Crippen LogP contribution in [0.1, 0.15) is 16.8 Å². The third-order valence-electron chi connectivity index (χ3n) is 4.71. The zero-order chi connectivity index (χ0) is 20.2. The van der Waals surface area contributed by atoms with Crippen molar-refractivity contribution in [2.24, 2.45) is 0 Å². The van der Waals surface area contributed by atoms with Crippen molar-refractivity contribution < 1.29 is 9.53 Å². The lowest BCUT2D eigenvalue weighted by Gasteiger charge is -2.29. The van der Waals surface area contributed by atoms with Crippen LogP contribution in [0.3, 0.4) is 0 Å². The highest BCUT2D eigenvalue weighted by Gasteiger charge is 2.20. The fourth-order valence-electron chi connectivity index (χ4n) is 3.31. The van der Waals surface area contributed by atoms with E-state index in [2.05, 4.69) is 42.9 Å². The molecule has 1 aliphatic rings. The van der Waals surface area contributed by atoms with Crippen LogP contribution in [0.2, 0.25) is 0 Å². The first-order chi connectivity index (χ1) is 14.1. The maximum atomic E-state index is 12.1. The molecule has 0 saturated heterocycles. The lowest BCUT2D eigenvalue weighted by Crippen LogP contribution is -2.38. The van der Waals surface area contributed by atoms with Gasteiger partial charge in [-0.25, -0.2) is 4.98 Å². The second kappa shape index (κ2) is 8.27. The Morgan fingerprint density at radius 2 is 2.00 bits per heavy atom. The number of hydrogen-bond donors (Lipinski definition) is 3. The summed E-state index contributed by atoms with van der Waals surface area (Å²) in [5, 5.41) is 13.4. The standard InChI is InChI=1S/C20H23N7O2/c1-13-7-17(26-25-13)23-19-10-21-9-18(24-19)22-16-4-3-14-5-6-27(11-15(14)8-16)20(28)12-29-2/h3-4,7-10H,5-6,11-12H2,1-2H3,(H3,22,23,24,25,26). The van der Waals surface area contributed by atoms with E-state index in [9.17, 15) is 4.79 Å². The van der Waals surface area contributed by atoms with E-state index in [-0.39, 0.29) is 12.5 Å². The number of anilines is 4. The van der Waals surface area contributed by atoms with Gasteiger partial charge in [-0.1, -0.05) is 6.07 Å². The zero-order valence-corrected chi connectivity index (χ0v) is 16.4. The molecule has 2 aromatic heterocycles. The Balaban J connectivity index is 1.47. The molecule has 1 aliphatic heterocycles. The summed E-state index contributed by atoms with van der Waals surface area (Å²) in [6, 6.07) is 8.06. The van der Waals surface area contributed by atoms with Gasteiger partial charge in [-0.15, -0.1) is 0 Å². The predicted octanol–water partition coefficient (Wildman–Crippen LogP) is 2.53. The number of H-pyrrole nitrogens is 1. The summed E-state index contributed by atoms with van der Waals surface area (Å²) >= 11 is 0. The van der Waals surface area contributed by atoms with Gasteiger partial charge < -0.3 is 20.3 Å². The van der Waals surface area contributed by atoms with Crippen LogP contribution in [0.25, 0.3) is 0 Å². The number of carbonyl (C=O) groups excluding carboxylic acids is 1. The van der Waals surface area contributed by atoms with E-state index >= 15 is 0 Å². The molecule has 0 fully saturated rings. The van der Waals surface area contributed by atoms with Gasteiger partial charge >= 0.3 is 0 Å². The Labute approximate surface area is 168 Å². The molecule has 0 unspecified atom stereocenters. The number of benzene rings is 1. The van der Waals surface area contributed by atoms with Crippen molar-refractivity contribution >= 4 is 29.0 Å². The van der Waals surface area contributed by atoms with Crippen LogP contribution in [0, 0.1) is 6.92 Å². The van der Waals surface area contributed by atoms with E-state index in [4.69, 9.17) is 4.74 Å². The molecule has 3 heterocycles. The van der Waals surface area contributed by atoms with Crippen LogP contribution in [0.4, 0.5) is 23.1 Å². The van der Waals surface area contributed by atoms with Gasteiger partial charge in [-0.05, 0) is 36.6 Å². The van der Waals surface area contributed by atoms with E-state index in [1.807, 2.05) is 24.0 Å². The molecule has 9 nitrogen and oxygen atoms in total. The van der Waals surface area contributed by atoms with E-state index in [1.54, 1.807) is 12.4 Å². The summed E-state index contributed by atoms with van der Waals surface area (Å²) < 4.78 is 4.97. The first-order valence-electron chi connectivity index (χ1n) is 9.37. The van der Waals surface area contributed by atoms with Gasteiger partial charge in [0.25, 0.3) is 0 Å². The number of aromatic nitrogens is 4. The molecule has 4 rings (SSSR count). The molecule has 0 saturated carbocycles. The van der Waals surface area contributed by atoms with Crippen molar-refractivity contribution in [3.05, 3.63) is 53.5 Å². The van der Waals surface area contributed by atoms with E-state index in [0.717, 1.165) is 23.4 Å². The average Bonchev–Trinajstić information content (AvgIpc) is 3.12. The highest BCUT2D eigenvalue weighted by Crippen LogP contribution is 2.25. The number of ether oxygens (including phenoxy) is 1. The SMILES string of the molecule is COCC(=O)N1CCc2ccc(Nc3cncc(Nc4cc(C)[nH]n4)n3)cc2C1. The molecule has 0 atom stereocenters. The number of carbonyl (C=O) groups is 1. The average molecular weight is 393 g/mol. The molecule has 0 radical (unpaired) electrons. The van der Waals surface area contributed by atoms with Crippen molar-refractivity contribution in [3.63, 3.8) is 0 Å². The van der Waals surface area contributed by atoms with Crippen molar-refractivity contribution in [2.75, 3.05) is 30.9 Å². The Morgan fingerprint density at radius 1 is 1.17 bits per heavy atom. The second-order valence-electron chi connectivity index (χ2n) is 6.96. The molecule has 0 spiro atoms. The summed E-state index contributed by atoms with van der Waals surface area (Å²) in [6.45, 7) is 3.34. The van der Waals surface area contributed by atoms with Crippen LogP contribution < -0.4 is 10.6 Å². The number of hydrogen-bond acceptors (Lipinski definition) is 7. The Morgan fingerprint density at radius 3 is 2.76 bits per heavy atom. The van der Waals surface area contributed by atoms with Gasteiger partial charge in [0.2, 0.25) is 5.91 Å². The molecule has 3 N–H and O–H groups in total. The van der Waals surface area contributed by atoms with Gasteiger partial charge in [0, 0.05) is 37.6 Å². The second-order valence-corrected chi connectivity index (χ2v) is 6.96. The number of nitrogens with zero attached hydrogens (tertiary/aromatic N) is 4. The molecule has 150 valence electrons. The van der Waals surface area contributed by atoms with Gasteiger partial charge in [0.1, 0.15) is 6.61 Å². The molecule has 0 bridgehead atoms. The number of aryl methyl sites for hydroxylation is 1. The van der Waals surface area contributed by atoms with Gasteiger partial charge in [0.15, 0.2) is 17.5 Å². The summed E-state index contributed by atoms with van der Waals surface area (Å²) in [4.78, 5) is 22.7. The Kier molecular flexibility index (Phi) is 5.39. The largest absolute Gasteiger partial charge is 0.375 e. The number of fused-ring (bicyclic) bond motifs is 1. The number of methoxy groups -OCH3 is 1. The molecule has 1 aromatic carbocycles. The molecule has 3 aromatic rings. The monoisotopic (exact) mass is 393 g/mol. The van der Waals surface area contributed by atoms with Crippen molar-refractivity contribution in [1.29, 1.82) is 0 Å². The first kappa shape index (κ1) is 18.9. The van der Waals surface area contributed by atoms with Crippen LogP contribution in [-0.2, 0) is 22.5 Å². The fourth-order valence-corrected chi connectivity index (χ4v) is 3.31. The third kappa shape index (κ3) is 4.52. The van der Waals surface area contributed by atoms with E-state index < -0.39 is 0 Å². The molecule has 9 heteroatoms. The Hall–Kier alpha value is -3.46. The van der Waals surface area contributed by atoms with E-state index in [0.29, 0.717) is 30.5 Å². The first-order valence-corrected chi connectivity index (χ1v) is 9.37. The minimum atomic E-state index is 0.00903. The van der Waals surface area contributed by atoms with Crippen LogP contribution >= 0.6 is 0 Å². The molecular weight excluding hydrogens is 370 g/mol. The number of nitrogens with one attached hydrogen (secondary N) is 3. The highest BCUT2D eigenvalue weighted by molar-refractivity contribution is 5.78. The third-order valence-corrected chi connectivity index (χ3v) is 4.71.